The third-order valence-electron chi connectivity index (χ3n) is 4.30. The molecule has 114 valence electrons. The lowest BCUT2D eigenvalue weighted by Crippen LogP contribution is -2.39. The molecule has 0 heterocycles. The van der Waals surface area contributed by atoms with Crippen molar-refractivity contribution < 1.29 is 14.3 Å². The third-order valence-corrected chi connectivity index (χ3v) is 8.94. The number of carbonyl (C=O) groups excluding carboxylic acids is 1. The molecule has 2 atom stereocenters. The monoisotopic (exact) mass is 288 g/mol. The van der Waals surface area contributed by atoms with Crippen molar-refractivity contribution in [3.8, 4) is 0 Å². The van der Waals surface area contributed by atoms with Crippen LogP contribution in [0.15, 0.2) is 0 Å². The Kier molecular flexibility index (Phi) is 8.78. The molecule has 0 bridgehead atoms. The molecule has 0 saturated carbocycles. The van der Waals surface area contributed by atoms with Crippen LogP contribution in [-0.2, 0) is 9.22 Å². The van der Waals surface area contributed by atoms with Crippen molar-refractivity contribution in [3.05, 3.63) is 0 Å². The summed E-state index contributed by atoms with van der Waals surface area (Å²) in [6.07, 6.45) is -0.326. The second kappa shape index (κ2) is 8.87. The predicted octanol–water partition coefficient (Wildman–Crippen LogP) is 3.62. The number of rotatable bonds is 10. The molecule has 0 fully saturated rings. The first kappa shape index (κ1) is 18.8. The molecule has 4 heteroatoms. The molecule has 0 aliphatic carbocycles. The summed E-state index contributed by atoms with van der Waals surface area (Å²) in [7, 11) is -1.58. The van der Waals surface area contributed by atoms with Gasteiger partial charge in [0.2, 0.25) is 0 Å². The van der Waals surface area contributed by atoms with Gasteiger partial charge in [0, 0.05) is 24.9 Å². The summed E-state index contributed by atoms with van der Waals surface area (Å²) in [4.78, 5) is 11.6. The van der Waals surface area contributed by atoms with E-state index < -0.39 is 14.4 Å². The molecule has 0 aromatic rings. The minimum Gasteiger partial charge on any atom is -0.416 e. The Morgan fingerprint density at radius 3 is 1.95 bits per heavy atom. The van der Waals surface area contributed by atoms with Gasteiger partial charge in [0.25, 0.3) is 0 Å². The van der Waals surface area contributed by atoms with Crippen LogP contribution < -0.4 is 0 Å². The molecule has 19 heavy (non-hydrogen) atoms. The number of carbonyl (C=O) groups is 1. The van der Waals surface area contributed by atoms with E-state index in [0.29, 0.717) is 6.61 Å². The van der Waals surface area contributed by atoms with Crippen LogP contribution in [0.1, 0.15) is 48.0 Å². The molecule has 0 aromatic carbocycles. The summed E-state index contributed by atoms with van der Waals surface area (Å²) in [5, 5.41) is 10.1. The highest BCUT2D eigenvalue weighted by atomic mass is 28.4. The average Bonchev–Trinajstić information content (AvgIpc) is 2.40. The normalized spacial score (nSPS) is 15.6. The van der Waals surface area contributed by atoms with Gasteiger partial charge in [-0.05, 0) is 18.1 Å². The fraction of sp³-hybridized carbons (Fsp3) is 0.933. The number of ketones is 1. The van der Waals surface area contributed by atoms with E-state index in [2.05, 4.69) is 20.8 Å². The van der Waals surface area contributed by atoms with Gasteiger partial charge in [-0.2, -0.15) is 0 Å². The molecule has 0 unspecified atom stereocenters. The summed E-state index contributed by atoms with van der Waals surface area (Å²) in [5.41, 5.74) is 0. The average molecular weight is 289 g/mol. The number of hydrogen-bond acceptors (Lipinski definition) is 3. The van der Waals surface area contributed by atoms with Crippen LogP contribution in [0.2, 0.25) is 18.1 Å². The smallest absolute Gasteiger partial charge is 0.191 e. The quantitative estimate of drug-likeness (QED) is 0.625. The van der Waals surface area contributed by atoms with E-state index in [1.807, 2.05) is 20.8 Å². The summed E-state index contributed by atoms with van der Waals surface area (Å²) in [6, 6.07) is 3.36. The number of aliphatic hydroxyl groups is 1. The molecule has 1 N–H and O–H groups in total. The predicted molar refractivity (Wildman–Crippen MR) is 82.8 cm³/mol. The lowest BCUT2D eigenvalue weighted by Gasteiger charge is -2.30. The van der Waals surface area contributed by atoms with Crippen molar-refractivity contribution in [3.63, 3.8) is 0 Å². The largest absolute Gasteiger partial charge is 0.416 e. The van der Waals surface area contributed by atoms with Crippen LogP contribution in [0, 0.1) is 11.8 Å². The molecule has 0 rings (SSSR count). The van der Waals surface area contributed by atoms with E-state index in [9.17, 15) is 9.90 Å². The van der Waals surface area contributed by atoms with E-state index >= 15 is 0 Å². The van der Waals surface area contributed by atoms with E-state index in [1.165, 1.54) is 0 Å². The lowest BCUT2D eigenvalue weighted by molar-refractivity contribution is -0.124. The number of Topliss-reactive ketones (excluding diaryl/α,β-unsaturated/α-hetero) is 1. The zero-order valence-corrected chi connectivity index (χ0v) is 14.5. The van der Waals surface area contributed by atoms with Gasteiger partial charge in [0.15, 0.2) is 8.32 Å². The molecule has 0 amide bonds. The van der Waals surface area contributed by atoms with E-state index in [1.54, 1.807) is 0 Å². The topological polar surface area (TPSA) is 46.5 Å². The number of aliphatic hydroxyl groups excluding tert-OH is 1. The lowest BCUT2D eigenvalue weighted by atomic mass is 9.96. The van der Waals surface area contributed by atoms with Crippen molar-refractivity contribution in [1.29, 1.82) is 0 Å². The van der Waals surface area contributed by atoms with Crippen LogP contribution in [0.25, 0.3) is 0 Å². The second-order valence-electron chi connectivity index (χ2n) is 5.92. The summed E-state index contributed by atoms with van der Waals surface area (Å²) < 4.78 is 6.17. The molecular weight excluding hydrogens is 256 g/mol. The first-order valence-corrected chi connectivity index (χ1v) is 10.2. The van der Waals surface area contributed by atoms with Crippen LogP contribution in [0.5, 0.6) is 0 Å². The van der Waals surface area contributed by atoms with Gasteiger partial charge in [-0.15, -0.1) is 0 Å². The Balaban J connectivity index is 4.29. The van der Waals surface area contributed by atoms with E-state index in [0.717, 1.165) is 18.1 Å². The van der Waals surface area contributed by atoms with Crippen molar-refractivity contribution in [2.24, 2.45) is 11.8 Å². The molecule has 0 aromatic heterocycles. The maximum atomic E-state index is 11.6. The maximum Gasteiger partial charge on any atom is 0.191 e. The Labute approximate surface area is 119 Å². The van der Waals surface area contributed by atoms with Gasteiger partial charge in [-0.1, -0.05) is 41.5 Å². The molecule has 3 nitrogen and oxygen atoms in total. The Hall–Kier alpha value is -0.193. The highest BCUT2D eigenvalue weighted by Gasteiger charge is 2.30. The standard InChI is InChI=1S/C15H32O3Si/c1-7-19(8-2,9-3)18-11-13(6)15(17)10-14(16)12(4)5/h12-13,15,17H,7-11H2,1-6H3/t13-,15-/m1/s1. The molecule has 0 saturated heterocycles. The Morgan fingerprint density at radius 2 is 1.58 bits per heavy atom. The van der Waals surface area contributed by atoms with Crippen molar-refractivity contribution in [1.82, 2.24) is 0 Å². The zero-order chi connectivity index (χ0) is 15.1. The third kappa shape index (κ3) is 6.19. The van der Waals surface area contributed by atoms with Crippen LogP contribution in [0.4, 0.5) is 0 Å². The summed E-state index contributed by atoms with van der Waals surface area (Å²) in [5.74, 6) is 0.154. The first-order chi connectivity index (χ1) is 8.81. The highest BCUT2D eigenvalue weighted by molar-refractivity contribution is 6.73. The zero-order valence-electron chi connectivity index (χ0n) is 13.5. The van der Waals surface area contributed by atoms with Crippen LogP contribution >= 0.6 is 0 Å². The van der Waals surface area contributed by atoms with Gasteiger partial charge in [-0.3, -0.25) is 4.79 Å². The SMILES string of the molecule is CC[Si](CC)(CC)OC[C@@H](C)[C@H](O)CC(=O)C(C)C. The van der Waals surface area contributed by atoms with E-state index in [4.69, 9.17) is 4.43 Å². The fourth-order valence-corrected chi connectivity index (χ4v) is 4.85. The van der Waals surface area contributed by atoms with E-state index in [-0.39, 0.29) is 24.0 Å². The molecule has 0 radical (unpaired) electrons. The van der Waals surface area contributed by atoms with Gasteiger partial charge < -0.3 is 9.53 Å². The second-order valence-corrected chi connectivity index (χ2v) is 10.7. The molecular formula is C15H32O3Si. The summed E-state index contributed by atoms with van der Waals surface area (Å²) in [6.45, 7) is 12.9. The highest BCUT2D eigenvalue weighted by Crippen LogP contribution is 2.23. The molecule has 0 aliphatic heterocycles. The Morgan fingerprint density at radius 1 is 1.11 bits per heavy atom. The molecule has 0 aliphatic rings. The van der Waals surface area contributed by atoms with Gasteiger partial charge in [-0.25, -0.2) is 0 Å². The van der Waals surface area contributed by atoms with Gasteiger partial charge in [0.05, 0.1) is 6.10 Å². The minimum absolute atomic E-state index is 0.00170. The van der Waals surface area contributed by atoms with Gasteiger partial charge >= 0.3 is 0 Å². The molecule has 0 spiro atoms. The van der Waals surface area contributed by atoms with Crippen molar-refractivity contribution in [2.75, 3.05) is 6.61 Å². The minimum atomic E-state index is -1.58. The Bertz CT molecular complexity index is 254. The maximum absolute atomic E-state index is 11.6. The van der Waals surface area contributed by atoms with Crippen molar-refractivity contribution >= 4 is 14.1 Å². The van der Waals surface area contributed by atoms with Crippen molar-refractivity contribution in [2.45, 2.75) is 72.2 Å². The van der Waals surface area contributed by atoms with Crippen LogP contribution in [0.3, 0.4) is 0 Å². The summed E-state index contributed by atoms with van der Waals surface area (Å²) >= 11 is 0. The van der Waals surface area contributed by atoms with Gasteiger partial charge in [0.1, 0.15) is 5.78 Å². The van der Waals surface area contributed by atoms with Crippen LogP contribution in [-0.4, -0.2) is 31.9 Å². The number of hydrogen-bond donors (Lipinski definition) is 1. The fourth-order valence-electron chi connectivity index (χ4n) is 2.12. The first-order valence-electron chi connectivity index (χ1n) is 7.66.